The largest absolute Gasteiger partial charge is 0.390 e. The highest BCUT2D eigenvalue weighted by Gasteiger charge is 2.40. The first-order valence-corrected chi connectivity index (χ1v) is 14.5. The van der Waals surface area contributed by atoms with Gasteiger partial charge < -0.3 is 15.0 Å². The molecule has 0 bridgehead atoms. The number of amides is 1. The number of aromatic nitrogens is 5. The van der Waals surface area contributed by atoms with E-state index in [1.165, 1.54) is 11.3 Å². The zero-order chi connectivity index (χ0) is 29.6. The molecule has 3 aromatic carbocycles. The summed E-state index contributed by atoms with van der Waals surface area (Å²) in [5.74, 6) is -0.232. The fraction of sp³-hybridized carbons (Fsp3) is 0.176. The van der Waals surface area contributed by atoms with E-state index in [2.05, 4.69) is 62.3 Å². The fourth-order valence-corrected chi connectivity index (χ4v) is 6.53. The summed E-state index contributed by atoms with van der Waals surface area (Å²) in [5.41, 5.74) is 7.82. The van der Waals surface area contributed by atoms with E-state index in [4.69, 9.17) is 11.6 Å². The molecule has 0 radical (unpaired) electrons. The Morgan fingerprint density at radius 2 is 1.84 bits per heavy atom. The maximum atomic E-state index is 14.0. The van der Waals surface area contributed by atoms with Gasteiger partial charge in [-0.25, -0.2) is 0 Å². The van der Waals surface area contributed by atoms with Crippen LogP contribution in [0.3, 0.4) is 0 Å². The molecular weight excluding hydrogens is 560 g/mol. The lowest BCUT2D eigenvalue weighted by Crippen LogP contribution is -2.51. The minimum absolute atomic E-state index is 0.0964. The van der Waals surface area contributed by atoms with Gasteiger partial charge in [-0.3, -0.25) is 14.3 Å². The van der Waals surface area contributed by atoms with Crippen LogP contribution >= 0.6 is 11.6 Å². The van der Waals surface area contributed by atoms with Gasteiger partial charge >= 0.3 is 0 Å². The van der Waals surface area contributed by atoms with Crippen LogP contribution in [0.15, 0.2) is 97.7 Å². The highest BCUT2D eigenvalue weighted by molar-refractivity contribution is 6.34. The third-order valence-electron chi connectivity index (χ3n) is 8.41. The SMILES string of the molecule is Cc1ccc2c(c1)c(-c1ccc(CO)nc1)c1n2C[C@@](NC(=O)c2ccc(-n3cnnc3)cc2Cl)(c2ccccc2)CC1. The lowest BCUT2D eigenvalue weighted by molar-refractivity contribution is 0.0868. The Bertz CT molecular complexity index is 1950. The number of pyridine rings is 1. The Labute approximate surface area is 253 Å². The predicted molar refractivity (Wildman–Crippen MR) is 166 cm³/mol. The van der Waals surface area contributed by atoms with Crippen LogP contribution in [0.25, 0.3) is 27.7 Å². The molecule has 1 aliphatic rings. The van der Waals surface area contributed by atoms with Crippen LogP contribution in [0, 0.1) is 6.92 Å². The summed E-state index contributed by atoms with van der Waals surface area (Å²) in [5, 5.41) is 22.2. The summed E-state index contributed by atoms with van der Waals surface area (Å²) in [6.07, 6.45) is 6.45. The van der Waals surface area contributed by atoms with Crippen molar-refractivity contribution >= 4 is 28.4 Å². The monoisotopic (exact) mass is 588 g/mol. The van der Waals surface area contributed by atoms with Gasteiger partial charge in [0.1, 0.15) is 12.7 Å². The predicted octanol–water partition coefficient (Wildman–Crippen LogP) is 6.01. The average Bonchev–Trinajstić information content (AvgIpc) is 3.68. The Balaban J connectivity index is 1.32. The third kappa shape index (κ3) is 4.78. The summed E-state index contributed by atoms with van der Waals surface area (Å²) in [6.45, 7) is 2.55. The van der Waals surface area contributed by atoms with Crippen LogP contribution in [0.5, 0.6) is 0 Å². The van der Waals surface area contributed by atoms with Crippen LogP contribution in [0.1, 0.15) is 39.3 Å². The number of aliphatic hydroxyl groups is 1. The number of fused-ring (bicyclic) bond motifs is 3. The first kappa shape index (κ1) is 27.1. The number of rotatable bonds is 6. The van der Waals surface area contributed by atoms with E-state index in [0.29, 0.717) is 29.2 Å². The topological polar surface area (TPSA) is 97.9 Å². The number of carbonyl (C=O) groups is 1. The molecule has 2 N–H and O–H groups in total. The summed E-state index contributed by atoms with van der Waals surface area (Å²) >= 11 is 6.68. The van der Waals surface area contributed by atoms with Crippen LogP contribution in [-0.4, -0.2) is 35.3 Å². The molecule has 1 atom stereocenters. The smallest absolute Gasteiger partial charge is 0.253 e. The molecule has 43 heavy (non-hydrogen) atoms. The number of carbonyl (C=O) groups excluding carboxylic acids is 1. The summed E-state index contributed by atoms with van der Waals surface area (Å²) in [4.78, 5) is 18.4. The molecule has 3 aromatic heterocycles. The van der Waals surface area contributed by atoms with Gasteiger partial charge in [-0.15, -0.1) is 10.2 Å². The Hall–Kier alpha value is -4.79. The third-order valence-corrected chi connectivity index (χ3v) is 8.72. The molecule has 8 nitrogen and oxygen atoms in total. The normalized spacial score (nSPS) is 16.3. The zero-order valence-corrected chi connectivity index (χ0v) is 24.3. The van der Waals surface area contributed by atoms with Gasteiger partial charge in [-0.05, 0) is 61.7 Å². The van der Waals surface area contributed by atoms with E-state index in [0.717, 1.165) is 39.7 Å². The van der Waals surface area contributed by atoms with Crippen molar-refractivity contribution in [2.24, 2.45) is 0 Å². The van der Waals surface area contributed by atoms with Gasteiger partial charge in [0.15, 0.2) is 0 Å². The van der Waals surface area contributed by atoms with E-state index in [9.17, 15) is 9.90 Å². The second-order valence-electron chi connectivity index (χ2n) is 11.1. The highest BCUT2D eigenvalue weighted by atomic mass is 35.5. The van der Waals surface area contributed by atoms with Crippen LogP contribution in [0.2, 0.25) is 5.02 Å². The first-order chi connectivity index (χ1) is 21.0. The minimum Gasteiger partial charge on any atom is -0.390 e. The van der Waals surface area contributed by atoms with Gasteiger partial charge in [0.25, 0.3) is 5.91 Å². The van der Waals surface area contributed by atoms with E-state index in [1.807, 2.05) is 42.6 Å². The molecule has 214 valence electrons. The number of aliphatic hydroxyl groups excluding tert-OH is 1. The van der Waals surface area contributed by atoms with Crippen molar-refractivity contribution in [1.29, 1.82) is 0 Å². The minimum atomic E-state index is -0.672. The Kier molecular flexibility index (Phi) is 6.80. The molecule has 6 aromatic rings. The quantitative estimate of drug-likeness (QED) is 0.248. The van der Waals surface area contributed by atoms with E-state index < -0.39 is 5.54 Å². The van der Waals surface area contributed by atoms with Crippen molar-refractivity contribution < 1.29 is 9.90 Å². The highest BCUT2D eigenvalue weighted by Crippen LogP contribution is 2.43. The molecule has 0 fully saturated rings. The molecule has 0 spiro atoms. The molecule has 0 saturated heterocycles. The molecule has 9 heteroatoms. The molecule has 1 amide bonds. The van der Waals surface area contributed by atoms with Gasteiger partial charge in [-0.2, -0.15) is 0 Å². The second kappa shape index (κ2) is 10.8. The van der Waals surface area contributed by atoms with Crippen molar-refractivity contribution in [2.75, 3.05) is 0 Å². The second-order valence-corrected chi connectivity index (χ2v) is 11.5. The lowest BCUT2D eigenvalue weighted by Gasteiger charge is -2.40. The summed E-state index contributed by atoms with van der Waals surface area (Å²) in [6, 6.07) is 25.9. The number of hydrogen-bond acceptors (Lipinski definition) is 5. The van der Waals surface area contributed by atoms with Crippen molar-refractivity contribution in [3.8, 4) is 16.8 Å². The first-order valence-electron chi connectivity index (χ1n) is 14.2. The van der Waals surface area contributed by atoms with E-state index in [-0.39, 0.29) is 12.5 Å². The number of benzene rings is 3. The van der Waals surface area contributed by atoms with Crippen LogP contribution in [0.4, 0.5) is 0 Å². The molecular formula is C34H29ClN6O2. The summed E-state index contributed by atoms with van der Waals surface area (Å²) in [7, 11) is 0. The van der Waals surface area contributed by atoms with Crippen LogP contribution < -0.4 is 5.32 Å². The maximum Gasteiger partial charge on any atom is 0.253 e. The van der Waals surface area contributed by atoms with Crippen molar-refractivity contribution in [3.05, 3.63) is 131 Å². The van der Waals surface area contributed by atoms with E-state index >= 15 is 0 Å². The maximum absolute atomic E-state index is 14.0. The van der Waals surface area contributed by atoms with Crippen molar-refractivity contribution in [1.82, 2.24) is 29.6 Å². The molecule has 7 rings (SSSR count). The zero-order valence-electron chi connectivity index (χ0n) is 23.5. The fourth-order valence-electron chi connectivity index (χ4n) is 6.27. The number of nitrogens with zero attached hydrogens (tertiary/aromatic N) is 5. The van der Waals surface area contributed by atoms with Crippen molar-refractivity contribution in [3.63, 3.8) is 0 Å². The number of hydrogen-bond donors (Lipinski definition) is 2. The van der Waals surface area contributed by atoms with Gasteiger partial charge in [0.05, 0.1) is 35.0 Å². The van der Waals surface area contributed by atoms with Crippen molar-refractivity contribution in [2.45, 2.75) is 38.5 Å². The Morgan fingerprint density at radius 1 is 1.02 bits per heavy atom. The summed E-state index contributed by atoms with van der Waals surface area (Å²) < 4.78 is 4.09. The standard InChI is InChI=1S/C34H29ClN6O2/c1-22-7-12-30-28(15-22)32(23-8-9-25(18-42)36-17-23)31-13-14-34(19-41(30)31,24-5-3-2-4-6-24)39-33(43)27-11-10-26(16-29(27)35)40-20-37-38-21-40/h2-12,15-17,20-21,42H,13-14,18-19H2,1H3,(H,39,43)/t34-/m1/s1. The van der Waals surface area contributed by atoms with Gasteiger partial charge in [-0.1, -0.05) is 59.6 Å². The number of halogens is 1. The molecule has 1 aliphatic heterocycles. The lowest BCUT2D eigenvalue weighted by atomic mass is 9.81. The molecule has 0 aliphatic carbocycles. The molecule has 4 heterocycles. The van der Waals surface area contributed by atoms with Crippen LogP contribution in [-0.2, 0) is 25.1 Å². The molecule has 0 saturated carbocycles. The van der Waals surface area contributed by atoms with Gasteiger partial charge in [0.2, 0.25) is 0 Å². The molecule has 0 unspecified atom stereocenters. The Morgan fingerprint density at radius 3 is 2.56 bits per heavy atom. The number of nitrogens with one attached hydrogen (secondary N) is 1. The average molecular weight is 589 g/mol. The number of aryl methyl sites for hydroxylation is 1. The van der Waals surface area contributed by atoms with Gasteiger partial charge in [0, 0.05) is 39.6 Å². The van der Waals surface area contributed by atoms with E-state index in [1.54, 1.807) is 29.4 Å².